The second-order valence-corrected chi connectivity index (χ2v) is 5.34. The number of hydrogen-bond acceptors (Lipinski definition) is 6. The predicted molar refractivity (Wildman–Crippen MR) is 94.8 cm³/mol. The van der Waals surface area contributed by atoms with Crippen molar-refractivity contribution < 1.29 is 24.0 Å². The molecule has 0 saturated heterocycles. The summed E-state index contributed by atoms with van der Waals surface area (Å²) in [5.41, 5.74) is 0.242. The van der Waals surface area contributed by atoms with Crippen molar-refractivity contribution in [1.82, 2.24) is 0 Å². The second kappa shape index (κ2) is 8.61. The van der Waals surface area contributed by atoms with E-state index in [1.807, 2.05) is 0 Å². The van der Waals surface area contributed by atoms with Gasteiger partial charge in [0.05, 0.1) is 25.2 Å². The number of nitro benzene ring substituents is 1. The van der Waals surface area contributed by atoms with Crippen molar-refractivity contribution in [3.05, 3.63) is 58.1 Å². The molecule has 0 aliphatic rings. The average molecular weight is 358 g/mol. The normalized spacial score (nSPS) is 10.1. The molecule has 0 spiro atoms. The summed E-state index contributed by atoms with van der Waals surface area (Å²) < 4.78 is 9.96. The number of anilines is 1. The van der Waals surface area contributed by atoms with E-state index in [1.54, 1.807) is 24.3 Å². The minimum atomic E-state index is -0.610. The molecule has 8 heteroatoms. The maximum absolute atomic E-state index is 12.1. The first-order valence-corrected chi connectivity index (χ1v) is 7.74. The fourth-order valence-corrected chi connectivity index (χ4v) is 2.26. The van der Waals surface area contributed by atoms with Gasteiger partial charge in [0.1, 0.15) is 17.2 Å². The van der Waals surface area contributed by atoms with E-state index < -0.39 is 10.8 Å². The van der Waals surface area contributed by atoms with Crippen LogP contribution < -0.4 is 14.8 Å². The lowest BCUT2D eigenvalue weighted by atomic mass is 10.1. The number of Topliss-reactive ketones (excluding diaryl/α,β-unsaturated/α-hetero) is 1. The molecule has 0 saturated carbocycles. The zero-order valence-corrected chi connectivity index (χ0v) is 14.4. The standard InChI is InChI=1S/C18H18N2O6/c1-25-13-5-3-12(4-6-13)17(21)9-10-18(22)19-15-8-7-14(26-2)11-16(15)20(23)24/h3-8,11H,9-10H2,1-2H3,(H,19,22). The van der Waals surface area contributed by atoms with Gasteiger partial charge in [0.25, 0.3) is 5.69 Å². The molecule has 136 valence electrons. The number of hydrogen-bond donors (Lipinski definition) is 1. The number of amides is 1. The van der Waals surface area contributed by atoms with Gasteiger partial charge in [-0.1, -0.05) is 0 Å². The van der Waals surface area contributed by atoms with E-state index in [2.05, 4.69) is 5.32 Å². The van der Waals surface area contributed by atoms with Gasteiger partial charge in [0, 0.05) is 18.4 Å². The lowest BCUT2D eigenvalue weighted by Crippen LogP contribution is -2.14. The Morgan fingerprint density at radius 3 is 2.19 bits per heavy atom. The second-order valence-electron chi connectivity index (χ2n) is 5.34. The Bertz CT molecular complexity index is 817. The lowest BCUT2D eigenvalue weighted by Gasteiger charge is -2.07. The summed E-state index contributed by atoms with van der Waals surface area (Å²) in [6.45, 7) is 0. The number of nitrogens with one attached hydrogen (secondary N) is 1. The fourth-order valence-electron chi connectivity index (χ4n) is 2.26. The summed E-state index contributed by atoms with van der Waals surface area (Å²) in [4.78, 5) is 34.7. The topological polar surface area (TPSA) is 108 Å². The zero-order chi connectivity index (χ0) is 19.1. The number of carbonyl (C=O) groups excluding carboxylic acids is 2. The van der Waals surface area contributed by atoms with Crippen LogP contribution in [-0.4, -0.2) is 30.8 Å². The van der Waals surface area contributed by atoms with Crippen LogP contribution in [0.5, 0.6) is 11.5 Å². The maximum Gasteiger partial charge on any atom is 0.296 e. The van der Waals surface area contributed by atoms with Crippen molar-refractivity contribution in [1.29, 1.82) is 0 Å². The summed E-state index contributed by atoms with van der Waals surface area (Å²) in [6.07, 6.45) is -0.101. The molecule has 0 aromatic heterocycles. The molecule has 8 nitrogen and oxygen atoms in total. The third kappa shape index (κ3) is 4.79. The molecule has 0 radical (unpaired) electrons. The van der Waals surface area contributed by atoms with Crippen LogP contribution in [0.15, 0.2) is 42.5 Å². The largest absolute Gasteiger partial charge is 0.497 e. The molecular weight excluding hydrogens is 340 g/mol. The van der Waals surface area contributed by atoms with Crippen LogP contribution in [-0.2, 0) is 4.79 Å². The van der Waals surface area contributed by atoms with Crippen LogP contribution in [0, 0.1) is 10.1 Å². The van der Waals surface area contributed by atoms with Crippen LogP contribution in [0.1, 0.15) is 23.2 Å². The van der Waals surface area contributed by atoms with Crippen LogP contribution in [0.25, 0.3) is 0 Å². The quantitative estimate of drug-likeness (QED) is 0.441. The van der Waals surface area contributed by atoms with Crippen LogP contribution in [0.3, 0.4) is 0 Å². The van der Waals surface area contributed by atoms with E-state index in [0.29, 0.717) is 17.1 Å². The molecule has 26 heavy (non-hydrogen) atoms. The van der Waals surface area contributed by atoms with Gasteiger partial charge in [-0.2, -0.15) is 0 Å². The number of carbonyl (C=O) groups is 2. The van der Waals surface area contributed by atoms with Crippen molar-refractivity contribution in [2.24, 2.45) is 0 Å². The molecule has 0 fully saturated rings. The molecule has 1 amide bonds. The highest BCUT2D eigenvalue weighted by Gasteiger charge is 2.18. The van der Waals surface area contributed by atoms with Crippen LogP contribution >= 0.6 is 0 Å². The van der Waals surface area contributed by atoms with Crippen molar-refractivity contribution in [3.63, 3.8) is 0 Å². The molecule has 1 N–H and O–H groups in total. The highest BCUT2D eigenvalue weighted by atomic mass is 16.6. The molecule has 0 unspecified atom stereocenters. The molecule has 2 rings (SSSR count). The smallest absolute Gasteiger partial charge is 0.296 e. The van der Waals surface area contributed by atoms with Crippen molar-refractivity contribution in [2.75, 3.05) is 19.5 Å². The summed E-state index contributed by atoms with van der Waals surface area (Å²) in [7, 11) is 2.92. The van der Waals surface area contributed by atoms with E-state index in [1.165, 1.54) is 32.4 Å². The van der Waals surface area contributed by atoms with Gasteiger partial charge < -0.3 is 14.8 Å². The number of nitro groups is 1. The molecule has 2 aromatic rings. The van der Waals surface area contributed by atoms with Gasteiger partial charge in [0.2, 0.25) is 5.91 Å². The minimum absolute atomic E-state index is 0.0118. The average Bonchev–Trinajstić information content (AvgIpc) is 2.66. The van der Waals surface area contributed by atoms with Gasteiger partial charge in [-0.05, 0) is 36.4 Å². The molecule has 0 bridgehead atoms. The van der Waals surface area contributed by atoms with Crippen molar-refractivity contribution in [2.45, 2.75) is 12.8 Å². The molecule has 0 heterocycles. The molecule has 2 aromatic carbocycles. The van der Waals surface area contributed by atoms with Gasteiger partial charge in [-0.15, -0.1) is 0 Å². The van der Waals surface area contributed by atoms with Gasteiger partial charge in [-0.25, -0.2) is 0 Å². The molecule has 0 aliphatic heterocycles. The van der Waals surface area contributed by atoms with E-state index in [-0.39, 0.29) is 30.0 Å². The Kier molecular flexibility index (Phi) is 6.26. The van der Waals surface area contributed by atoms with Crippen LogP contribution in [0.4, 0.5) is 11.4 Å². The highest BCUT2D eigenvalue weighted by Crippen LogP contribution is 2.29. The van der Waals surface area contributed by atoms with Crippen molar-refractivity contribution in [3.8, 4) is 11.5 Å². The summed E-state index contributed by atoms with van der Waals surface area (Å²) in [5, 5.41) is 13.6. The van der Waals surface area contributed by atoms with E-state index in [0.717, 1.165) is 0 Å². The third-order valence-electron chi connectivity index (χ3n) is 3.67. The van der Waals surface area contributed by atoms with Crippen molar-refractivity contribution >= 4 is 23.1 Å². The highest BCUT2D eigenvalue weighted by molar-refractivity contribution is 6.00. The zero-order valence-electron chi connectivity index (χ0n) is 14.4. The minimum Gasteiger partial charge on any atom is -0.497 e. The van der Waals surface area contributed by atoms with Gasteiger partial charge >= 0.3 is 0 Å². The Hall–Kier alpha value is -3.42. The van der Waals surface area contributed by atoms with Crippen LogP contribution in [0.2, 0.25) is 0 Å². The number of rotatable bonds is 8. The number of benzene rings is 2. The SMILES string of the molecule is COc1ccc(C(=O)CCC(=O)Nc2ccc(OC)cc2[N+](=O)[O-])cc1. The van der Waals surface area contributed by atoms with E-state index in [9.17, 15) is 19.7 Å². The first-order valence-electron chi connectivity index (χ1n) is 7.74. The van der Waals surface area contributed by atoms with E-state index >= 15 is 0 Å². The monoisotopic (exact) mass is 358 g/mol. The Morgan fingerprint density at radius 2 is 1.62 bits per heavy atom. The lowest BCUT2D eigenvalue weighted by molar-refractivity contribution is -0.384. The summed E-state index contributed by atoms with van der Waals surface area (Å²) in [6, 6.07) is 10.7. The maximum atomic E-state index is 12.1. The van der Waals surface area contributed by atoms with Gasteiger partial charge in [-0.3, -0.25) is 19.7 Å². The Labute approximate surface area is 149 Å². The van der Waals surface area contributed by atoms with Gasteiger partial charge in [0.15, 0.2) is 5.78 Å². The summed E-state index contributed by atoms with van der Waals surface area (Å²) in [5.74, 6) is 0.252. The molecule has 0 atom stereocenters. The fraction of sp³-hybridized carbons (Fsp3) is 0.222. The Balaban J connectivity index is 1.98. The number of ketones is 1. The molecule has 0 aliphatic carbocycles. The first kappa shape index (κ1) is 18.9. The summed E-state index contributed by atoms with van der Waals surface area (Å²) >= 11 is 0. The number of ether oxygens (including phenoxy) is 2. The third-order valence-corrected chi connectivity index (χ3v) is 3.67. The predicted octanol–water partition coefficient (Wildman–Crippen LogP) is 3.21. The Morgan fingerprint density at radius 1 is 1.00 bits per heavy atom. The number of nitrogens with zero attached hydrogens (tertiary/aromatic N) is 1. The molecular formula is C18H18N2O6. The first-order chi connectivity index (χ1) is 12.4. The number of methoxy groups -OCH3 is 2. The van der Waals surface area contributed by atoms with E-state index in [4.69, 9.17) is 9.47 Å².